The fraction of sp³-hybridized carbons (Fsp3) is 0.150. The van der Waals surface area contributed by atoms with E-state index in [2.05, 4.69) is 15.3 Å². The van der Waals surface area contributed by atoms with Gasteiger partial charge in [0.15, 0.2) is 0 Å². The van der Waals surface area contributed by atoms with E-state index < -0.39 is 0 Å². The number of hydrogen-bond acceptors (Lipinski definition) is 4. The Morgan fingerprint density at radius 1 is 1.04 bits per heavy atom. The summed E-state index contributed by atoms with van der Waals surface area (Å²) in [6.07, 6.45) is 5.23. The smallest absolute Gasteiger partial charge is 0.251 e. The molecule has 0 aliphatic rings. The van der Waals surface area contributed by atoms with Gasteiger partial charge < -0.3 is 10.2 Å². The largest absolute Gasteiger partial charge is 0.378 e. The minimum absolute atomic E-state index is 0.0917. The Bertz CT molecular complexity index is 862. The van der Waals surface area contributed by atoms with Gasteiger partial charge in [-0.1, -0.05) is 6.07 Å². The van der Waals surface area contributed by atoms with Crippen LogP contribution >= 0.6 is 0 Å². The number of nitrogens with zero attached hydrogens (tertiary/aromatic N) is 3. The summed E-state index contributed by atoms with van der Waals surface area (Å²) in [4.78, 5) is 22.8. The fourth-order valence-corrected chi connectivity index (χ4v) is 2.47. The zero-order valence-electron chi connectivity index (χ0n) is 14.3. The molecule has 2 aromatic heterocycles. The number of pyridine rings is 2. The van der Waals surface area contributed by atoms with Crippen molar-refractivity contribution in [3.8, 4) is 11.3 Å². The van der Waals surface area contributed by atoms with E-state index in [0.29, 0.717) is 12.1 Å². The van der Waals surface area contributed by atoms with E-state index in [1.807, 2.05) is 67.5 Å². The number of hydrogen-bond donors (Lipinski definition) is 1. The molecular formula is C20H20N4O. The maximum atomic E-state index is 12.4. The van der Waals surface area contributed by atoms with Crippen molar-refractivity contribution in [2.45, 2.75) is 6.54 Å². The van der Waals surface area contributed by atoms with Crippen LogP contribution in [0.1, 0.15) is 15.9 Å². The van der Waals surface area contributed by atoms with Gasteiger partial charge in [-0.3, -0.25) is 14.8 Å². The molecule has 0 aliphatic heterocycles. The molecule has 3 aromatic rings. The van der Waals surface area contributed by atoms with Gasteiger partial charge in [0.1, 0.15) is 0 Å². The Kier molecular flexibility index (Phi) is 5.04. The van der Waals surface area contributed by atoms with E-state index in [4.69, 9.17) is 0 Å². The minimum Gasteiger partial charge on any atom is -0.378 e. The molecule has 25 heavy (non-hydrogen) atoms. The van der Waals surface area contributed by atoms with Gasteiger partial charge in [0.25, 0.3) is 5.91 Å². The lowest BCUT2D eigenvalue weighted by molar-refractivity contribution is 0.0951. The summed E-state index contributed by atoms with van der Waals surface area (Å²) >= 11 is 0. The molecule has 5 nitrogen and oxygen atoms in total. The van der Waals surface area contributed by atoms with Gasteiger partial charge in [-0.25, -0.2) is 0 Å². The van der Waals surface area contributed by atoms with Gasteiger partial charge in [0, 0.05) is 56.0 Å². The predicted molar refractivity (Wildman–Crippen MR) is 99.4 cm³/mol. The van der Waals surface area contributed by atoms with Gasteiger partial charge in [0.05, 0.1) is 5.69 Å². The molecule has 0 radical (unpaired) electrons. The van der Waals surface area contributed by atoms with Gasteiger partial charge >= 0.3 is 0 Å². The van der Waals surface area contributed by atoms with Crippen molar-refractivity contribution < 1.29 is 4.79 Å². The van der Waals surface area contributed by atoms with Crippen LogP contribution in [-0.2, 0) is 6.54 Å². The lowest BCUT2D eigenvalue weighted by Crippen LogP contribution is -2.23. The molecule has 3 rings (SSSR count). The number of carbonyl (C=O) groups excluding carboxylic acids is 1. The van der Waals surface area contributed by atoms with E-state index in [-0.39, 0.29) is 5.91 Å². The number of aromatic nitrogens is 2. The molecular weight excluding hydrogens is 312 g/mol. The highest BCUT2D eigenvalue weighted by Gasteiger charge is 2.07. The molecule has 0 atom stereocenters. The number of amides is 1. The second-order valence-corrected chi connectivity index (χ2v) is 5.91. The molecule has 0 bridgehead atoms. The highest BCUT2D eigenvalue weighted by Crippen LogP contribution is 2.17. The molecule has 1 amide bonds. The molecule has 0 fully saturated rings. The lowest BCUT2D eigenvalue weighted by Gasteiger charge is -2.13. The Labute approximate surface area is 147 Å². The first kappa shape index (κ1) is 16.6. The van der Waals surface area contributed by atoms with E-state index in [1.165, 1.54) is 0 Å². The summed E-state index contributed by atoms with van der Waals surface area (Å²) in [6.45, 7) is 0.450. The standard InChI is InChI=1S/C20H20N4O/c1-24(2)18-5-3-4-17(13-18)20(25)23-14-15-6-11-22-19(12-15)16-7-9-21-10-8-16/h3-13H,14H2,1-2H3,(H,23,25). The van der Waals surface area contributed by atoms with Crippen molar-refractivity contribution in [3.63, 3.8) is 0 Å². The van der Waals surface area contributed by atoms with Crippen molar-refractivity contribution >= 4 is 11.6 Å². The summed E-state index contributed by atoms with van der Waals surface area (Å²) in [5, 5.41) is 2.96. The van der Waals surface area contributed by atoms with Crippen LogP contribution < -0.4 is 10.2 Å². The first-order valence-corrected chi connectivity index (χ1v) is 8.04. The molecule has 0 unspecified atom stereocenters. The Balaban J connectivity index is 1.69. The maximum Gasteiger partial charge on any atom is 0.251 e. The first-order valence-electron chi connectivity index (χ1n) is 8.04. The zero-order chi connectivity index (χ0) is 17.6. The molecule has 0 saturated heterocycles. The third kappa shape index (κ3) is 4.20. The van der Waals surface area contributed by atoms with Crippen LogP contribution in [0.3, 0.4) is 0 Å². The second-order valence-electron chi connectivity index (χ2n) is 5.91. The molecule has 0 aliphatic carbocycles. The minimum atomic E-state index is -0.0917. The molecule has 1 N–H and O–H groups in total. The Morgan fingerprint density at radius 2 is 1.84 bits per heavy atom. The summed E-state index contributed by atoms with van der Waals surface area (Å²) < 4.78 is 0. The van der Waals surface area contributed by atoms with E-state index >= 15 is 0 Å². The molecule has 0 saturated carbocycles. The van der Waals surface area contributed by atoms with Gasteiger partial charge in [-0.2, -0.15) is 0 Å². The molecule has 126 valence electrons. The van der Waals surface area contributed by atoms with E-state index in [0.717, 1.165) is 22.5 Å². The van der Waals surface area contributed by atoms with E-state index in [1.54, 1.807) is 18.6 Å². The summed E-state index contributed by atoms with van der Waals surface area (Å²) in [5.41, 5.74) is 4.51. The van der Waals surface area contributed by atoms with Crippen molar-refractivity contribution in [2.75, 3.05) is 19.0 Å². The zero-order valence-corrected chi connectivity index (χ0v) is 14.3. The number of anilines is 1. The monoisotopic (exact) mass is 332 g/mol. The molecule has 5 heteroatoms. The van der Waals surface area contributed by atoms with E-state index in [9.17, 15) is 4.79 Å². The van der Waals surface area contributed by atoms with Crippen molar-refractivity contribution in [2.24, 2.45) is 0 Å². The fourth-order valence-electron chi connectivity index (χ4n) is 2.47. The SMILES string of the molecule is CN(C)c1cccc(C(=O)NCc2ccnc(-c3ccncc3)c2)c1. The van der Waals surface area contributed by atoms with Crippen LogP contribution in [0.15, 0.2) is 67.1 Å². The second kappa shape index (κ2) is 7.57. The number of nitrogens with one attached hydrogen (secondary N) is 1. The lowest BCUT2D eigenvalue weighted by atomic mass is 10.1. The van der Waals surface area contributed by atoms with Gasteiger partial charge in [-0.05, 0) is 48.0 Å². The van der Waals surface area contributed by atoms with Crippen molar-refractivity contribution in [1.82, 2.24) is 15.3 Å². The number of carbonyl (C=O) groups is 1. The molecule has 2 heterocycles. The highest BCUT2D eigenvalue weighted by molar-refractivity contribution is 5.95. The maximum absolute atomic E-state index is 12.4. The summed E-state index contributed by atoms with van der Waals surface area (Å²) in [6, 6.07) is 15.3. The van der Waals surface area contributed by atoms with Crippen LogP contribution in [0.5, 0.6) is 0 Å². The van der Waals surface area contributed by atoms with Crippen molar-refractivity contribution in [3.05, 3.63) is 78.2 Å². The Hall–Kier alpha value is -3.21. The third-order valence-electron chi connectivity index (χ3n) is 3.88. The van der Waals surface area contributed by atoms with Crippen LogP contribution in [-0.4, -0.2) is 30.0 Å². The van der Waals surface area contributed by atoms with Gasteiger partial charge in [0.2, 0.25) is 0 Å². The highest BCUT2D eigenvalue weighted by atomic mass is 16.1. The van der Waals surface area contributed by atoms with Gasteiger partial charge in [-0.15, -0.1) is 0 Å². The third-order valence-corrected chi connectivity index (χ3v) is 3.88. The topological polar surface area (TPSA) is 58.1 Å². The number of benzene rings is 1. The van der Waals surface area contributed by atoms with Crippen LogP contribution in [0.4, 0.5) is 5.69 Å². The predicted octanol–water partition coefficient (Wildman–Crippen LogP) is 3.14. The summed E-state index contributed by atoms with van der Waals surface area (Å²) in [7, 11) is 3.91. The van der Waals surface area contributed by atoms with Crippen LogP contribution in [0, 0.1) is 0 Å². The average Bonchev–Trinajstić information content (AvgIpc) is 2.67. The van der Waals surface area contributed by atoms with Crippen LogP contribution in [0.25, 0.3) is 11.3 Å². The summed E-state index contributed by atoms with van der Waals surface area (Å²) in [5.74, 6) is -0.0917. The molecule has 0 spiro atoms. The molecule has 1 aromatic carbocycles. The quantitative estimate of drug-likeness (QED) is 0.780. The van der Waals surface area contributed by atoms with Crippen molar-refractivity contribution in [1.29, 1.82) is 0 Å². The first-order chi connectivity index (χ1) is 12.1. The Morgan fingerprint density at radius 3 is 2.60 bits per heavy atom. The number of rotatable bonds is 5. The average molecular weight is 332 g/mol. The normalized spacial score (nSPS) is 10.3. The van der Waals surface area contributed by atoms with Crippen LogP contribution in [0.2, 0.25) is 0 Å².